The first kappa shape index (κ1) is 14.0. The van der Waals surface area contributed by atoms with Crippen molar-refractivity contribution >= 4 is 29.7 Å². The molecule has 0 bridgehead atoms. The highest BCUT2D eigenvalue weighted by atomic mass is 35.5. The molecular formula is C17H18ClN3. The molecule has 0 aliphatic carbocycles. The zero-order valence-corrected chi connectivity index (χ0v) is 12.8. The van der Waals surface area contributed by atoms with Gasteiger partial charge in [0.25, 0.3) is 0 Å². The summed E-state index contributed by atoms with van der Waals surface area (Å²) in [4.78, 5) is 9.33. The second-order valence-corrected chi connectivity index (χ2v) is 5.39. The summed E-state index contributed by atoms with van der Waals surface area (Å²) in [5.41, 5.74) is 5.18. The molecule has 0 aromatic heterocycles. The van der Waals surface area contributed by atoms with E-state index in [0.717, 1.165) is 25.6 Å². The molecule has 0 unspecified atom stereocenters. The highest BCUT2D eigenvalue weighted by Gasteiger charge is 2.34. The Morgan fingerprint density at radius 3 is 2.48 bits per heavy atom. The molecule has 0 N–H and O–H groups in total. The second-order valence-electron chi connectivity index (χ2n) is 5.39. The molecular weight excluding hydrogens is 282 g/mol. The molecule has 2 aromatic rings. The van der Waals surface area contributed by atoms with Crippen molar-refractivity contribution in [3.63, 3.8) is 0 Å². The number of anilines is 2. The van der Waals surface area contributed by atoms with Gasteiger partial charge in [-0.1, -0.05) is 42.0 Å². The van der Waals surface area contributed by atoms with Gasteiger partial charge in [0.05, 0.1) is 24.5 Å². The number of rotatable bonds is 2. The van der Waals surface area contributed by atoms with Crippen LogP contribution >= 0.6 is 12.4 Å². The topological polar surface area (TPSA) is 18.8 Å². The van der Waals surface area contributed by atoms with Crippen molar-refractivity contribution in [1.82, 2.24) is 0 Å². The molecule has 0 spiro atoms. The maximum absolute atomic E-state index is 4.68. The smallest absolute Gasteiger partial charge is 0.206 e. The van der Waals surface area contributed by atoms with E-state index in [1.54, 1.807) is 0 Å². The maximum atomic E-state index is 4.68. The Hall–Kier alpha value is -2.00. The number of guanidine groups is 1. The third-order valence-corrected chi connectivity index (χ3v) is 3.98. The lowest BCUT2D eigenvalue weighted by Crippen LogP contribution is -2.34. The van der Waals surface area contributed by atoms with Crippen LogP contribution in [0.4, 0.5) is 11.4 Å². The number of nitrogens with zero attached hydrogens (tertiary/aromatic N) is 3. The van der Waals surface area contributed by atoms with Gasteiger partial charge in [-0.2, -0.15) is 0 Å². The first-order valence-corrected chi connectivity index (χ1v) is 7.07. The molecule has 2 aliphatic rings. The van der Waals surface area contributed by atoms with Gasteiger partial charge in [0.1, 0.15) is 0 Å². The molecule has 0 fully saturated rings. The predicted octanol–water partition coefficient (Wildman–Crippen LogP) is 3.61. The summed E-state index contributed by atoms with van der Waals surface area (Å²) in [6.07, 6.45) is 0. The van der Waals surface area contributed by atoms with Crippen molar-refractivity contribution in [3.8, 4) is 0 Å². The van der Waals surface area contributed by atoms with E-state index in [2.05, 4.69) is 70.2 Å². The number of fused-ring (bicyclic) bond motifs is 3. The lowest BCUT2D eigenvalue weighted by Gasteiger charge is -2.19. The molecule has 3 nitrogen and oxygen atoms in total. The zero-order valence-electron chi connectivity index (χ0n) is 12.0. The number of aliphatic imine (C=N–C) groups is 1. The average molecular weight is 300 g/mol. The maximum Gasteiger partial charge on any atom is 0.206 e. The normalized spacial score (nSPS) is 15.4. The Labute approximate surface area is 131 Å². The Morgan fingerprint density at radius 2 is 1.71 bits per heavy atom. The van der Waals surface area contributed by atoms with Gasteiger partial charge in [-0.3, -0.25) is 4.99 Å². The third-order valence-electron chi connectivity index (χ3n) is 3.98. The van der Waals surface area contributed by atoms with E-state index in [0.29, 0.717) is 0 Å². The van der Waals surface area contributed by atoms with Crippen LogP contribution < -0.4 is 9.80 Å². The Kier molecular flexibility index (Phi) is 3.60. The summed E-state index contributed by atoms with van der Waals surface area (Å²) < 4.78 is 0. The molecule has 2 heterocycles. The van der Waals surface area contributed by atoms with Gasteiger partial charge in [0.2, 0.25) is 5.96 Å². The van der Waals surface area contributed by atoms with E-state index in [-0.39, 0.29) is 12.4 Å². The highest BCUT2D eigenvalue weighted by molar-refractivity contribution is 6.16. The van der Waals surface area contributed by atoms with Gasteiger partial charge in [-0.15, -0.1) is 12.4 Å². The lowest BCUT2D eigenvalue weighted by atomic mass is 10.1. The number of hydrogen-bond donors (Lipinski definition) is 0. The molecule has 0 saturated carbocycles. The van der Waals surface area contributed by atoms with Crippen molar-refractivity contribution in [3.05, 3.63) is 59.7 Å². The average Bonchev–Trinajstić information content (AvgIpc) is 3.05. The molecule has 2 aliphatic heterocycles. The molecule has 4 rings (SSSR count). The summed E-state index contributed by atoms with van der Waals surface area (Å²) in [6, 6.07) is 17.3. The van der Waals surface area contributed by atoms with Gasteiger partial charge in [-0.25, -0.2) is 0 Å². The number of hydrogen-bond acceptors (Lipinski definition) is 3. The van der Waals surface area contributed by atoms with Crippen LogP contribution in [0.25, 0.3) is 0 Å². The number of para-hydroxylation sites is 2. The summed E-state index contributed by atoms with van der Waals surface area (Å²) in [6.45, 7) is 4.90. The fourth-order valence-electron chi connectivity index (χ4n) is 2.95. The van der Waals surface area contributed by atoms with Crippen molar-refractivity contribution in [2.45, 2.75) is 13.5 Å². The minimum Gasteiger partial charge on any atom is -0.308 e. The van der Waals surface area contributed by atoms with Crippen molar-refractivity contribution < 1.29 is 0 Å². The highest BCUT2D eigenvalue weighted by Crippen LogP contribution is 2.39. The SMILES string of the molecule is Cc1ccc(CN2C3=NCCN3c3ccccc32)cc1.Cl. The van der Waals surface area contributed by atoms with Gasteiger partial charge in [-0.05, 0) is 24.6 Å². The monoisotopic (exact) mass is 299 g/mol. The summed E-state index contributed by atoms with van der Waals surface area (Å²) in [7, 11) is 0. The fraction of sp³-hybridized carbons (Fsp3) is 0.235. The molecule has 108 valence electrons. The van der Waals surface area contributed by atoms with Crippen LogP contribution in [-0.2, 0) is 6.54 Å². The minimum absolute atomic E-state index is 0. The van der Waals surface area contributed by atoms with Gasteiger partial charge in [0.15, 0.2) is 0 Å². The second kappa shape index (κ2) is 5.41. The van der Waals surface area contributed by atoms with Crippen LogP contribution in [0.1, 0.15) is 11.1 Å². The van der Waals surface area contributed by atoms with E-state index in [1.165, 1.54) is 22.5 Å². The van der Waals surface area contributed by atoms with Crippen LogP contribution in [0, 0.1) is 6.92 Å². The summed E-state index contributed by atoms with van der Waals surface area (Å²) >= 11 is 0. The quantitative estimate of drug-likeness (QED) is 0.843. The summed E-state index contributed by atoms with van der Waals surface area (Å²) in [5, 5.41) is 0. The minimum atomic E-state index is 0. The Morgan fingerprint density at radius 1 is 1.00 bits per heavy atom. The van der Waals surface area contributed by atoms with Gasteiger partial charge < -0.3 is 9.80 Å². The van der Waals surface area contributed by atoms with E-state index in [4.69, 9.17) is 0 Å². The molecule has 0 radical (unpaired) electrons. The standard InChI is InChI=1S/C17H17N3.ClH/c1-13-6-8-14(9-7-13)12-20-16-5-3-2-4-15(16)19-11-10-18-17(19)20;/h2-9H,10-12H2,1H3;1H. The number of benzene rings is 2. The Balaban J connectivity index is 0.00000132. The Bertz CT molecular complexity index is 679. The number of aryl methyl sites for hydroxylation is 1. The third kappa shape index (κ3) is 2.28. The van der Waals surface area contributed by atoms with Gasteiger partial charge in [0, 0.05) is 6.54 Å². The summed E-state index contributed by atoms with van der Waals surface area (Å²) in [5.74, 6) is 1.10. The number of halogens is 1. The van der Waals surface area contributed by atoms with E-state index in [1.807, 2.05) is 0 Å². The molecule has 4 heteroatoms. The molecule has 21 heavy (non-hydrogen) atoms. The van der Waals surface area contributed by atoms with Crippen LogP contribution in [0.15, 0.2) is 53.5 Å². The van der Waals surface area contributed by atoms with Crippen molar-refractivity contribution in [2.75, 3.05) is 22.9 Å². The van der Waals surface area contributed by atoms with Crippen LogP contribution in [0.2, 0.25) is 0 Å². The van der Waals surface area contributed by atoms with E-state index < -0.39 is 0 Å². The molecule has 0 saturated heterocycles. The van der Waals surface area contributed by atoms with Crippen LogP contribution in [0.5, 0.6) is 0 Å². The van der Waals surface area contributed by atoms with Crippen molar-refractivity contribution in [2.24, 2.45) is 4.99 Å². The zero-order chi connectivity index (χ0) is 13.5. The molecule has 0 atom stereocenters. The first-order chi connectivity index (χ1) is 9.83. The molecule has 2 aromatic carbocycles. The van der Waals surface area contributed by atoms with Gasteiger partial charge >= 0.3 is 0 Å². The van der Waals surface area contributed by atoms with Crippen LogP contribution in [-0.4, -0.2) is 19.0 Å². The fourth-order valence-corrected chi connectivity index (χ4v) is 2.95. The molecule has 0 amide bonds. The predicted molar refractivity (Wildman–Crippen MR) is 90.7 cm³/mol. The van der Waals surface area contributed by atoms with E-state index >= 15 is 0 Å². The van der Waals surface area contributed by atoms with Crippen LogP contribution in [0.3, 0.4) is 0 Å². The lowest BCUT2D eigenvalue weighted by molar-refractivity contribution is 1.01. The van der Waals surface area contributed by atoms with E-state index in [9.17, 15) is 0 Å². The largest absolute Gasteiger partial charge is 0.308 e. The van der Waals surface area contributed by atoms with Crippen molar-refractivity contribution in [1.29, 1.82) is 0 Å². The first-order valence-electron chi connectivity index (χ1n) is 7.07.